The molecule has 1 aromatic heterocycles. The van der Waals surface area contributed by atoms with Crippen LogP contribution in [0.15, 0.2) is 47.5 Å². The Morgan fingerprint density at radius 1 is 1.10 bits per heavy atom. The van der Waals surface area contributed by atoms with Crippen LogP contribution in [0.5, 0.6) is 5.75 Å². The maximum atomic E-state index is 12.2. The van der Waals surface area contributed by atoms with Crippen molar-refractivity contribution in [2.75, 3.05) is 29.9 Å². The monoisotopic (exact) mass is 458 g/mol. The number of rotatable bonds is 8. The Hall–Kier alpha value is -2.86. The first-order chi connectivity index (χ1) is 14.6. The zero-order valence-electron chi connectivity index (χ0n) is 16.4. The van der Waals surface area contributed by atoms with E-state index in [0.717, 1.165) is 55.9 Å². The lowest BCUT2D eigenvalue weighted by atomic mass is 10.3. The molecule has 31 heavy (non-hydrogen) atoms. The Balaban J connectivity index is 1.46. The number of pyridine rings is 1. The second-order valence-corrected chi connectivity index (χ2v) is 8.58. The normalized spacial score (nSPS) is 14.5. The van der Waals surface area contributed by atoms with Gasteiger partial charge in [0.15, 0.2) is 0 Å². The van der Waals surface area contributed by atoms with E-state index in [1.807, 2.05) is 6.07 Å². The van der Waals surface area contributed by atoms with Crippen molar-refractivity contribution in [3.8, 4) is 5.75 Å². The van der Waals surface area contributed by atoms with Crippen LogP contribution in [0.3, 0.4) is 0 Å². The van der Waals surface area contributed by atoms with Gasteiger partial charge in [-0.2, -0.15) is 0 Å². The van der Waals surface area contributed by atoms with Crippen LogP contribution >= 0.6 is 0 Å². The van der Waals surface area contributed by atoms with Crippen LogP contribution < -0.4 is 19.7 Å². The topological polar surface area (TPSA) is 101 Å². The smallest absolute Gasteiger partial charge is 0.406 e. The number of nitrogens with zero attached hydrogens (tertiary/aromatic N) is 2. The molecule has 1 aromatic carbocycles. The fraction of sp³-hybridized carbons (Fsp3) is 0.368. The van der Waals surface area contributed by atoms with E-state index < -0.39 is 28.0 Å². The average molecular weight is 458 g/mol. The highest BCUT2D eigenvalue weighted by molar-refractivity contribution is 7.89. The maximum Gasteiger partial charge on any atom is 0.573 e. The molecule has 0 bridgehead atoms. The van der Waals surface area contributed by atoms with E-state index in [-0.39, 0.29) is 17.9 Å². The Bertz CT molecular complexity index is 990. The van der Waals surface area contributed by atoms with E-state index in [4.69, 9.17) is 0 Å². The van der Waals surface area contributed by atoms with Gasteiger partial charge in [0.05, 0.1) is 16.8 Å². The molecule has 1 aliphatic heterocycles. The van der Waals surface area contributed by atoms with E-state index in [2.05, 4.69) is 24.7 Å². The third-order valence-corrected chi connectivity index (χ3v) is 5.98. The van der Waals surface area contributed by atoms with Crippen molar-refractivity contribution in [1.29, 1.82) is 0 Å². The van der Waals surface area contributed by atoms with E-state index in [9.17, 15) is 26.4 Å². The van der Waals surface area contributed by atoms with Gasteiger partial charge in [-0.25, -0.2) is 18.1 Å². The summed E-state index contributed by atoms with van der Waals surface area (Å²) >= 11 is 0. The molecule has 1 saturated heterocycles. The van der Waals surface area contributed by atoms with Crippen molar-refractivity contribution >= 4 is 27.4 Å². The predicted molar refractivity (Wildman–Crippen MR) is 107 cm³/mol. The SMILES string of the molecule is O=C(CCNS(=O)(=O)c1ccc(OC(F)(F)F)cc1)Nc1ccc(N2CCCC2)cn1. The second kappa shape index (κ2) is 9.52. The van der Waals surface area contributed by atoms with Gasteiger partial charge in [-0.05, 0) is 49.2 Å². The predicted octanol–water partition coefficient (Wildman–Crippen LogP) is 2.89. The molecule has 2 aromatic rings. The summed E-state index contributed by atoms with van der Waals surface area (Å²) < 4.78 is 66.8. The summed E-state index contributed by atoms with van der Waals surface area (Å²) in [4.78, 5) is 18.2. The van der Waals surface area contributed by atoms with E-state index in [1.165, 1.54) is 0 Å². The van der Waals surface area contributed by atoms with Gasteiger partial charge in [-0.15, -0.1) is 13.2 Å². The number of halogens is 3. The minimum absolute atomic E-state index is 0.149. The van der Waals surface area contributed by atoms with Gasteiger partial charge in [-0.1, -0.05) is 0 Å². The molecule has 8 nitrogen and oxygen atoms in total. The molecule has 0 saturated carbocycles. The molecule has 1 amide bonds. The maximum absolute atomic E-state index is 12.2. The summed E-state index contributed by atoms with van der Waals surface area (Å²) in [7, 11) is -3.99. The van der Waals surface area contributed by atoms with Gasteiger partial charge in [0.1, 0.15) is 11.6 Å². The number of carbonyl (C=O) groups excluding carboxylic acids is 1. The molecule has 12 heteroatoms. The third kappa shape index (κ3) is 6.82. The zero-order chi connectivity index (χ0) is 22.5. The molecule has 1 aliphatic rings. The van der Waals surface area contributed by atoms with E-state index >= 15 is 0 Å². The highest BCUT2D eigenvalue weighted by Crippen LogP contribution is 2.24. The first kappa shape index (κ1) is 22.8. The number of hydrogen-bond acceptors (Lipinski definition) is 6. The molecular weight excluding hydrogens is 437 g/mol. The lowest BCUT2D eigenvalue weighted by molar-refractivity contribution is -0.274. The summed E-state index contributed by atoms with van der Waals surface area (Å²) in [6, 6.07) is 7.30. The molecule has 0 radical (unpaired) electrons. The standard InChI is InChI=1S/C19H21F3N4O4S/c20-19(21,22)30-15-4-6-16(7-5-15)31(28,29)24-10-9-18(27)25-17-8-3-14(13-23-17)26-11-1-2-12-26/h3-8,13,24H,1-2,9-12H2,(H,23,25,27). The van der Waals surface area contributed by atoms with Crippen LogP contribution in [0.1, 0.15) is 19.3 Å². The number of alkyl halides is 3. The highest BCUT2D eigenvalue weighted by atomic mass is 32.2. The van der Waals surface area contributed by atoms with Gasteiger partial charge in [0, 0.05) is 26.1 Å². The highest BCUT2D eigenvalue weighted by Gasteiger charge is 2.31. The number of benzene rings is 1. The number of carbonyl (C=O) groups is 1. The van der Waals surface area contributed by atoms with Crippen molar-refractivity contribution < 1.29 is 31.1 Å². The van der Waals surface area contributed by atoms with Crippen molar-refractivity contribution in [1.82, 2.24) is 9.71 Å². The minimum Gasteiger partial charge on any atom is -0.406 e. The number of hydrogen-bond donors (Lipinski definition) is 2. The van der Waals surface area contributed by atoms with Crippen molar-refractivity contribution in [3.63, 3.8) is 0 Å². The summed E-state index contributed by atoms with van der Waals surface area (Å²) in [6.45, 7) is 1.76. The summed E-state index contributed by atoms with van der Waals surface area (Å²) in [5, 5.41) is 2.59. The van der Waals surface area contributed by atoms with Gasteiger partial charge in [0.2, 0.25) is 15.9 Å². The molecule has 0 unspecified atom stereocenters. The number of nitrogens with one attached hydrogen (secondary N) is 2. The minimum atomic E-state index is -4.87. The molecule has 3 rings (SSSR count). The Kier molecular flexibility index (Phi) is 7.01. The first-order valence-electron chi connectivity index (χ1n) is 9.49. The second-order valence-electron chi connectivity index (χ2n) is 6.81. The quantitative estimate of drug-likeness (QED) is 0.631. The van der Waals surface area contributed by atoms with E-state index in [0.29, 0.717) is 5.82 Å². The molecule has 1 fully saturated rings. The Morgan fingerprint density at radius 3 is 2.35 bits per heavy atom. The fourth-order valence-corrected chi connectivity index (χ4v) is 4.06. The van der Waals surface area contributed by atoms with Gasteiger partial charge in [0.25, 0.3) is 0 Å². The molecule has 2 heterocycles. The molecular formula is C19H21F3N4O4S. The lowest BCUT2D eigenvalue weighted by Gasteiger charge is -2.17. The van der Waals surface area contributed by atoms with E-state index in [1.54, 1.807) is 12.3 Å². The average Bonchev–Trinajstić information content (AvgIpc) is 3.22. The van der Waals surface area contributed by atoms with Crippen LogP contribution in [0.4, 0.5) is 24.7 Å². The number of anilines is 2. The fourth-order valence-electron chi connectivity index (χ4n) is 3.03. The summed E-state index contributed by atoms with van der Waals surface area (Å²) in [5.41, 5.74) is 0.981. The third-order valence-electron chi connectivity index (χ3n) is 4.50. The number of aromatic nitrogens is 1. The lowest BCUT2D eigenvalue weighted by Crippen LogP contribution is -2.28. The van der Waals surface area contributed by atoms with Crippen LogP contribution in [0, 0.1) is 0 Å². The molecule has 0 spiro atoms. The van der Waals surface area contributed by atoms with Crippen LogP contribution in [0.2, 0.25) is 0 Å². The van der Waals surface area contributed by atoms with Gasteiger partial charge < -0.3 is 15.0 Å². The van der Waals surface area contributed by atoms with Crippen LogP contribution in [-0.4, -0.2) is 45.3 Å². The van der Waals surface area contributed by atoms with Crippen molar-refractivity contribution in [2.24, 2.45) is 0 Å². The molecule has 2 N–H and O–H groups in total. The van der Waals surface area contributed by atoms with Gasteiger partial charge in [-0.3, -0.25) is 4.79 Å². The summed E-state index contributed by atoms with van der Waals surface area (Å²) in [5.74, 6) is -0.608. The first-order valence-corrected chi connectivity index (χ1v) is 11.0. The van der Waals surface area contributed by atoms with Crippen LogP contribution in [-0.2, 0) is 14.8 Å². The van der Waals surface area contributed by atoms with Crippen molar-refractivity contribution in [2.45, 2.75) is 30.5 Å². The zero-order valence-corrected chi connectivity index (χ0v) is 17.2. The number of amides is 1. The molecule has 0 atom stereocenters. The molecule has 168 valence electrons. The number of sulfonamides is 1. The Labute approximate surface area is 177 Å². The van der Waals surface area contributed by atoms with Crippen LogP contribution in [0.25, 0.3) is 0 Å². The van der Waals surface area contributed by atoms with Gasteiger partial charge >= 0.3 is 6.36 Å². The number of ether oxygens (including phenoxy) is 1. The Morgan fingerprint density at radius 2 is 1.77 bits per heavy atom. The largest absolute Gasteiger partial charge is 0.573 e. The molecule has 0 aliphatic carbocycles. The van der Waals surface area contributed by atoms with Crippen molar-refractivity contribution in [3.05, 3.63) is 42.6 Å². The summed E-state index contributed by atoms with van der Waals surface area (Å²) in [6.07, 6.45) is -1.06.